The number of anilines is 1. The summed E-state index contributed by atoms with van der Waals surface area (Å²) in [6.45, 7) is 2.69. The second kappa shape index (κ2) is 9.64. The van der Waals surface area contributed by atoms with Gasteiger partial charge in [-0.2, -0.15) is 13.2 Å². The Morgan fingerprint density at radius 3 is 2.27 bits per heavy atom. The Morgan fingerprint density at radius 1 is 1.07 bits per heavy atom. The molecule has 2 heterocycles. The molecule has 1 amide bonds. The molecule has 0 spiro atoms. The monoisotopic (exact) mass is 426 g/mol. The van der Waals surface area contributed by atoms with Crippen molar-refractivity contribution in [1.29, 1.82) is 0 Å². The third-order valence-corrected chi connectivity index (χ3v) is 5.45. The van der Waals surface area contributed by atoms with Gasteiger partial charge in [0.05, 0.1) is 11.6 Å². The summed E-state index contributed by atoms with van der Waals surface area (Å²) in [4.78, 5) is 15.6. The van der Waals surface area contributed by atoms with Gasteiger partial charge in [-0.1, -0.05) is 6.42 Å². The molecule has 0 radical (unpaired) electrons. The molecule has 2 fully saturated rings. The Labute approximate surface area is 173 Å². The Balaban J connectivity index is 0.000000310. The molecule has 1 aromatic carbocycles. The van der Waals surface area contributed by atoms with Gasteiger partial charge in [-0.15, -0.1) is 0 Å². The number of amides is 1. The van der Waals surface area contributed by atoms with Crippen LogP contribution in [-0.4, -0.2) is 43.8 Å². The first-order chi connectivity index (χ1) is 14.3. The largest absolute Gasteiger partial charge is 0.447 e. The van der Waals surface area contributed by atoms with E-state index in [9.17, 15) is 22.4 Å². The van der Waals surface area contributed by atoms with Crippen LogP contribution in [0.1, 0.15) is 37.7 Å². The van der Waals surface area contributed by atoms with Gasteiger partial charge in [0.1, 0.15) is 12.4 Å². The molecule has 4 rings (SSSR count). The minimum Gasteiger partial charge on any atom is -0.447 e. The Morgan fingerprint density at radius 2 is 1.73 bits per heavy atom. The highest BCUT2D eigenvalue weighted by atomic mass is 19.4. The number of rotatable bonds is 2. The average Bonchev–Trinajstić information content (AvgIpc) is 3.10. The number of ether oxygens (including phenoxy) is 1. The molecule has 1 aliphatic carbocycles. The standard InChI is InChI=1S/C16H13F4NO2.C6H13N/c17-12-3-1-2-10(8-12)14-9-23-15(22)21(14)13-6-4-11(5-7-13)16(18,19)20;1-7-5-3-2-4-6-7/h3-8,14H,1-2,9H2;2-6H2,1H3/t14-;/m1./s1. The highest BCUT2D eigenvalue weighted by Crippen LogP contribution is 2.34. The fraction of sp³-hybridized carbons (Fsp3) is 0.500. The molecule has 0 bridgehead atoms. The second-order valence-electron chi connectivity index (χ2n) is 7.72. The first-order valence-corrected chi connectivity index (χ1v) is 10.1. The number of cyclic esters (lactones) is 1. The summed E-state index contributed by atoms with van der Waals surface area (Å²) in [6, 6.07) is 3.76. The van der Waals surface area contributed by atoms with Crippen LogP contribution in [0.5, 0.6) is 0 Å². The molecule has 164 valence electrons. The number of hydrogen-bond donors (Lipinski definition) is 0. The molecule has 30 heavy (non-hydrogen) atoms. The zero-order valence-electron chi connectivity index (χ0n) is 16.9. The van der Waals surface area contributed by atoms with Gasteiger partial charge in [-0.05, 0) is 87.8 Å². The van der Waals surface area contributed by atoms with Gasteiger partial charge in [0.2, 0.25) is 0 Å². The summed E-state index contributed by atoms with van der Waals surface area (Å²) in [6.07, 6.45) is 3.08. The molecular formula is C22H26F4N2O2. The minimum absolute atomic E-state index is 0.0545. The number of alkyl halides is 3. The summed E-state index contributed by atoms with van der Waals surface area (Å²) in [7, 11) is 2.19. The topological polar surface area (TPSA) is 32.8 Å². The van der Waals surface area contributed by atoms with Gasteiger partial charge < -0.3 is 9.64 Å². The Hall–Kier alpha value is -2.35. The number of piperidine rings is 1. The fourth-order valence-corrected chi connectivity index (χ4v) is 3.79. The van der Waals surface area contributed by atoms with E-state index in [0.29, 0.717) is 24.1 Å². The van der Waals surface area contributed by atoms with Crippen molar-refractivity contribution >= 4 is 11.8 Å². The molecular weight excluding hydrogens is 400 g/mol. The quantitative estimate of drug-likeness (QED) is 0.568. The summed E-state index contributed by atoms with van der Waals surface area (Å²) in [5.74, 6) is -0.377. The zero-order valence-corrected chi connectivity index (χ0v) is 16.9. The van der Waals surface area contributed by atoms with E-state index in [2.05, 4.69) is 11.9 Å². The van der Waals surface area contributed by atoms with Crippen molar-refractivity contribution in [2.24, 2.45) is 0 Å². The summed E-state index contributed by atoms with van der Waals surface area (Å²) < 4.78 is 56.3. The summed E-state index contributed by atoms with van der Waals surface area (Å²) >= 11 is 0. The maximum Gasteiger partial charge on any atom is 0.416 e. The summed E-state index contributed by atoms with van der Waals surface area (Å²) in [5.41, 5.74) is 0.188. The molecule has 0 N–H and O–H groups in total. The molecule has 8 heteroatoms. The van der Waals surface area contributed by atoms with Crippen LogP contribution >= 0.6 is 0 Å². The van der Waals surface area contributed by atoms with Crippen molar-refractivity contribution in [3.63, 3.8) is 0 Å². The number of halogens is 4. The third-order valence-electron chi connectivity index (χ3n) is 5.45. The van der Waals surface area contributed by atoms with E-state index in [4.69, 9.17) is 4.74 Å². The SMILES string of the molecule is CN1CCCCC1.O=C1OC[C@H](C2=CC(F)=CCC2)N1c1ccc(C(F)(F)F)cc1. The molecule has 4 nitrogen and oxygen atoms in total. The smallest absolute Gasteiger partial charge is 0.416 e. The van der Waals surface area contributed by atoms with E-state index in [0.717, 1.165) is 12.1 Å². The van der Waals surface area contributed by atoms with E-state index < -0.39 is 23.9 Å². The first-order valence-electron chi connectivity index (χ1n) is 10.1. The van der Waals surface area contributed by atoms with Crippen molar-refractivity contribution in [1.82, 2.24) is 4.90 Å². The lowest BCUT2D eigenvalue weighted by atomic mass is 9.97. The lowest BCUT2D eigenvalue weighted by Crippen LogP contribution is -2.35. The van der Waals surface area contributed by atoms with E-state index in [1.807, 2.05) is 0 Å². The molecule has 1 aromatic rings. The zero-order chi connectivity index (χ0) is 21.7. The van der Waals surface area contributed by atoms with Crippen LogP contribution in [-0.2, 0) is 10.9 Å². The maximum absolute atomic E-state index is 13.4. The number of hydrogen-bond acceptors (Lipinski definition) is 3. The van der Waals surface area contributed by atoms with Crippen LogP contribution in [0.15, 0.2) is 47.8 Å². The van der Waals surface area contributed by atoms with E-state index in [1.165, 1.54) is 61.5 Å². The predicted molar refractivity (Wildman–Crippen MR) is 107 cm³/mol. The molecule has 0 unspecified atom stereocenters. The number of allylic oxidation sites excluding steroid dienone is 3. The average molecular weight is 426 g/mol. The van der Waals surface area contributed by atoms with E-state index >= 15 is 0 Å². The van der Waals surface area contributed by atoms with Gasteiger partial charge in [0, 0.05) is 5.69 Å². The normalized spacial score (nSPS) is 22.6. The van der Waals surface area contributed by atoms with Crippen LogP contribution < -0.4 is 4.90 Å². The molecule has 1 atom stereocenters. The van der Waals surface area contributed by atoms with Gasteiger partial charge in [-0.3, -0.25) is 4.90 Å². The number of carbonyl (C=O) groups excluding carboxylic acids is 1. The molecule has 2 aliphatic heterocycles. The highest BCUT2D eigenvalue weighted by Gasteiger charge is 2.37. The van der Waals surface area contributed by atoms with Crippen LogP contribution in [0.4, 0.5) is 28.0 Å². The van der Waals surface area contributed by atoms with Crippen molar-refractivity contribution < 1.29 is 27.1 Å². The third kappa shape index (κ3) is 5.62. The number of nitrogens with zero attached hydrogens (tertiary/aromatic N) is 2. The van der Waals surface area contributed by atoms with Crippen molar-refractivity contribution in [3.05, 3.63) is 53.4 Å². The lowest BCUT2D eigenvalue weighted by Gasteiger charge is -2.25. The maximum atomic E-state index is 13.4. The van der Waals surface area contributed by atoms with Gasteiger partial charge in [0.15, 0.2) is 0 Å². The van der Waals surface area contributed by atoms with Crippen LogP contribution in [0.3, 0.4) is 0 Å². The number of carbonyl (C=O) groups is 1. The van der Waals surface area contributed by atoms with Crippen molar-refractivity contribution in [3.8, 4) is 0 Å². The highest BCUT2D eigenvalue weighted by molar-refractivity contribution is 5.91. The Bertz CT molecular complexity index is 796. The first kappa shape index (κ1) is 22.3. The van der Waals surface area contributed by atoms with Crippen molar-refractivity contribution in [2.45, 2.75) is 44.3 Å². The molecule has 0 saturated carbocycles. The van der Waals surface area contributed by atoms with Crippen LogP contribution in [0.2, 0.25) is 0 Å². The predicted octanol–water partition coefficient (Wildman–Crippen LogP) is 5.71. The van der Waals surface area contributed by atoms with Gasteiger partial charge in [0.25, 0.3) is 0 Å². The van der Waals surface area contributed by atoms with Gasteiger partial charge >= 0.3 is 12.3 Å². The Kier molecular flexibility index (Phi) is 7.18. The number of benzene rings is 1. The van der Waals surface area contributed by atoms with Crippen LogP contribution in [0.25, 0.3) is 0 Å². The van der Waals surface area contributed by atoms with Crippen LogP contribution in [0, 0.1) is 0 Å². The lowest BCUT2D eigenvalue weighted by molar-refractivity contribution is -0.137. The fourth-order valence-electron chi connectivity index (χ4n) is 3.79. The van der Waals surface area contributed by atoms with E-state index in [-0.39, 0.29) is 12.4 Å². The second-order valence-corrected chi connectivity index (χ2v) is 7.72. The van der Waals surface area contributed by atoms with Crippen molar-refractivity contribution in [2.75, 3.05) is 31.6 Å². The molecule has 3 aliphatic rings. The molecule has 0 aromatic heterocycles. The minimum atomic E-state index is -4.44. The van der Waals surface area contributed by atoms with Gasteiger partial charge in [-0.25, -0.2) is 9.18 Å². The summed E-state index contributed by atoms with van der Waals surface area (Å²) in [5, 5.41) is 0. The van der Waals surface area contributed by atoms with E-state index in [1.54, 1.807) is 0 Å². The molecule has 2 saturated heterocycles. The number of likely N-dealkylation sites (tertiary alicyclic amines) is 1.